The average molecular weight is 158 g/mol. The van der Waals surface area contributed by atoms with Crippen LogP contribution in [0.4, 0.5) is 0 Å². The lowest BCUT2D eigenvalue weighted by atomic mass is 10.2. The first-order valence-electron chi connectivity index (χ1n) is 4.72. The number of nitrogens with zero attached hydrogens (tertiary/aromatic N) is 1. The van der Waals surface area contributed by atoms with Crippen molar-refractivity contribution in [2.75, 3.05) is 19.6 Å². The Balaban J connectivity index is 3.44. The third kappa shape index (κ3) is 5.22. The maximum atomic E-state index is 5.89. The van der Waals surface area contributed by atoms with Crippen molar-refractivity contribution in [1.29, 1.82) is 0 Å². The molecule has 68 valence electrons. The zero-order valence-electron chi connectivity index (χ0n) is 8.14. The van der Waals surface area contributed by atoms with Gasteiger partial charge in [0.25, 0.3) is 0 Å². The SMILES string of the molecule is CCC[C@@H](N)CN(CC)CC. The molecule has 0 aliphatic rings. The van der Waals surface area contributed by atoms with Gasteiger partial charge in [-0.2, -0.15) is 0 Å². The van der Waals surface area contributed by atoms with Crippen LogP contribution in [0.15, 0.2) is 0 Å². The second kappa shape index (κ2) is 6.62. The van der Waals surface area contributed by atoms with Crippen molar-refractivity contribution in [3.8, 4) is 0 Å². The highest BCUT2D eigenvalue weighted by atomic mass is 15.1. The van der Waals surface area contributed by atoms with Crippen LogP contribution in [-0.4, -0.2) is 30.6 Å². The molecule has 0 radical (unpaired) electrons. The Morgan fingerprint density at radius 1 is 1.18 bits per heavy atom. The molecule has 0 aliphatic carbocycles. The van der Waals surface area contributed by atoms with Crippen LogP contribution in [0.2, 0.25) is 0 Å². The molecule has 0 amide bonds. The molecule has 0 rings (SSSR count). The molecule has 0 aromatic rings. The van der Waals surface area contributed by atoms with Gasteiger partial charge >= 0.3 is 0 Å². The third-order valence-corrected chi connectivity index (χ3v) is 2.05. The molecule has 1 atom stereocenters. The number of hydrogen-bond acceptors (Lipinski definition) is 2. The Morgan fingerprint density at radius 3 is 2.09 bits per heavy atom. The summed E-state index contributed by atoms with van der Waals surface area (Å²) >= 11 is 0. The smallest absolute Gasteiger partial charge is 0.0167 e. The van der Waals surface area contributed by atoms with Crippen molar-refractivity contribution in [2.24, 2.45) is 5.73 Å². The van der Waals surface area contributed by atoms with Crippen LogP contribution >= 0.6 is 0 Å². The molecule has 11 heavy (non-hydrogen) atoms. The van der Waals surface area contributed by atoms with Gasteiger partial charge in [-0.1, -0.05) is 27.2 Å². The summed E-state index contributed by atoms with van der Waals surface area (Å²) in [5, 5.41) is 0. The Morgan fingerprint density at radius 2 is 1.73 bits per heavy atom. The van der Waals surface area contributed by atoms with E-state index in [0.29, 0.717) is 6.04 Å². The monoisotopic (exact) mass is 158 g/mol. The quantitative estimate of drug-likeness (QED) is 0.634. The van der Waals surface area contributed by atoms with Crippen LogP contribution in [-0.2, 0) is 0 Å². The predicted octanol–water partition coefficient (Wildman–Crippen LogP) is 1.46. The lowest BCUT2D eigenvalue weighted by Crippen LogP contribution is -2.37. The van der Waals surface area contributed by atoms with Gasteiger partial charge in [0.05, 0.1) is 0 Å². The normalized spacial score (nSPS) is 13.9. The summed E-state index contributed by atoms with van der Waals surface area (Å²) in [4.78, 5) is 2.38. The molecule has 2 heteroatoms. The van der Waals surface area contributed by atoms with E-state index in [-0.39, 0.29) is 0 Å². The van der Waals surface area contributed by atoms with E-state index in [1.54, 1.807) is 0 Å². The molecule has 0 aliphatic heterocycles. The highest BCUT2D eigenvalue weighted by molar-refractivity contribution is 4.65. The van der Waals surface area contributed by atoms with Gasteiger partial charge in [0, 0.05) is 12.6 Å². The van der Waals surface area contributed by atoms with Crippen molar-refractivity contribution in [3.63, 3.8) is 0 Å². The van der Waals surface area contributed by atoms with E-state index >= 15 is 0 Å². The van der Waals surface area contributed by atoms with Gasteiger partial charge in [-0.25, -0.2) is 0 Å². The van der Waals surface area contributed by atoms with E-state index in [1.165, 1.54) is 6.42 Å². The highest BCUT2D eigenvalue weighted by Gasteiger charge is 2.05. The first-order valence-corrected chi connectivity index (χ1v) is 4.72. The summed E-state index contributed by atoms with van der Waals surface area (Å²) in [6.45, 7) is 9.84. The van der Waals surface area contributed by atoms with Crippen LogP contribution in [0.1, 0.15) is 33.6 Å². The van der Waals surface area contributed by atoms with Crippen LogP contribution in [0.3, 0.4) is 0 Å². The summed E-state index contributed by atoms with van der Waals surface area (Å²) in [6.07, 6.45) is 2.35. The summed E-state index contributed by atoms with van der Waals surface area (Å²) < 4.78 is 0. The first kappa shape index (κ1) is 10.9. The van der Waals surface area contributed by atoms with Crippen LogP contribution < -0.4 is 5.73 Å². The van der Waals surface area contributed by atoms with E-state index in [4.69, 9.17) is 5.73 Å². The second-order valence-corrected chi connectivity index (χ2v) is 3.03. The van der Waals surface area contributed by atoms with Gasteiger partial charge in [-0.3, -0.25) is 0 Å². The Bertz CT molecular complexity index is 79.6. The molecule has 0 bridgehead atoms. The average Bonchev–Trinajstić information content (AvgIpc) is 2.01. The van der Waals surface area contributed by atoms with E-state index in [0.717, 1.165) is 26.1 Å². The molecule has 0 heterocycles. The van der Waals surface area contributed by atoms with E-state index < -0.39 is 0 Å². The lowest BCUT2D eigenvalue weighted by molar-refractivity contribution is 0.277. The molecule has 2 N–H and O–H groups in total. The van der Waals surface area contributed by atoms with Crippen LogP contribution in [0, 0.1) is 0 Å². The number of nitrogens with two attached hydrogens (primary N) is 1. The summed E-state index contributed by atoms with van der Waals surface area (Å²) in [7, 11) is 0. The van der Waals surface area contributed by atoms with Gasteiger partial charge in [0.15, 0.2) is 0 Å². The Labute approximate surface area is 70.8 Å². The zero-order valence-corrected chi connectivity index (χ0v) is 8.14. The molecule has 0 fully saturated rings. The molecule has 0 saturated carbocycles. The second-order valence-electron chi connectivity index (χ2n) is 3.03. The minimum atomic E-state index is 0.375. The lowest BCUT2D eigenvalue weighted by Gasteiger charge is -2.21. The topological polar surface area (TPSA) is 29.3 Å². The van der Waals surface area contributed by atoms with Gasteiger partial charge in [-0.05, 0) is 19.5 Å². The van der Waals surface area contributed by atoms with Crippen molar-refractivity contribution >= 4 is 0 Å². The van der Waals surface area contributed by atoms with Crippen molar-refractivity contribution in [2.45, 2.75) is 39.7 Å². The maximum absolute atomic E-state index is 5.89. The predicted molar refractivity (Wildman–Crippen MR) is 50.7 cm³/mol. The van der Waals surface area contributed by atoms with Gasteiger partial charge in [0.1, 0.15) is 0 Å². The molecular formula is C9H22N2. The standard InChI is InChI=1S/C9H22N2/c1-4-7-9(10)8-11(5-2)6-3/h9H,4-8,10H2,1-3H3/t9-/m1/s1. The number of rotatable bonds is 6. The minimum absolute atomic E-state index is 0.375. The van der Waals surface area contributed by atoms with Gasteiger partial charge in [-0.15, -0.1) is 0 Å². The fourth-order valence-electron chi connectivity index (χ4n) is 1.28. The van der Waals surface area contributed by atoms with Crippen molar-refractivity contribution < 1.29 is 0 Å². The van der Waals surface area contributed by atoms with Crippen LogP contribution in [0.25, 0.3) is 0 Å². The first-order chi connectivity index (χ1) is 5.24. The summed E-state index contributed by atoms with van der Waals surface area (Å²) in [5.41, 5.74) is 5.89. The van der Waals surface area contributed by atoms with Gasteiger partial charge in [0.2, 0.25) is 0 Å². The Kier molecular flexibility index (Phi) is 6.57. The molecule has 0 aromatic heterocycles. The Hall–Kier alpha value is -0.0800. The fourth-order valence-corrected chi connectivity index (χ4v) is 1.28. The molecule has 0 spiro atoms. The third-order valence-electron chi connectivity index (χ3n) is 2.05. The van der Waals surface area contributed by atoms with Crippen LogP contribution in [0.5, 0.6) is 0 Å². The fraction of sp³-hybridized carbons (Fsp3) is 1.00. The van der Waals surface area contributed by atoms with E-state index in [2.05, 4.69) is 25.7 Å². The van der Waals surface area contributed by atoms with Crippen molar-refractivity contribution in [3.05, 3.63) is 0 Å². The largest absolute Gasteiger partial charge is 0.327 e. The van der Waals surface area contributed by atoms with Crippen molar-refractivity contribution in [1.82, 2.24) is 4.90 Å². The number of hydrogen-bond donors (Lipinski definition) is 1. The molecule has 2 nitrogen and oxygen atoms in total. The van der Waals surface area contributed by atoms with E-state index in [9.17, 15) is 0 Å². The van der Waals surface area contributed by atoms with Gasteiger partial charge < -0.3 is 10.6 Å². The highest BCUT2D eigenvalue weighted by Crippen LogP contribution is 1.96. The summed E-state index contributed by atoms with van der Waals surface area (Å²) in [6, 6.07) is 0.375. The molecule has 0 aromatic carbocycles. The molecule has 0 saturated heterocycles. The summed E-state index contributed by atoms with van der Waals surface area (Å²) in [5.74, 6) is 0. The molecule has 0 unspecified atom stereocenters. The minimum Gasteiger partial charge on any atom is -0.327 e. The zero-order chi connectivity index (χ0) is 8.69. The number of likely N-dealkylation sites (N-methyl/N-ethyl adjacent to an activating group) is 1. The van der Waals surface area contributed by atoms with E-state index in [1.807, 2.05) is 0 Å². The molecular weight excluding hydrogens is 136 g/mol. The maximum Gasteiger partial charge on any atom is 0.0167 e.